The molecule has 0 unspecified atom stereocenters. The average Bonchev–Trinajstić information content (AvgIpc) is 2.77. The predicted molar refractivity (Wildman–Crippen MR) is 81.8 cm³/mol. The smallest absolute Gasteiger partial charge is 0.00132 e. The lowest BCUT2D eigenvalue weighted by Crippen LogP contribution is -1.81. The maximum atomic E-state index is 3.79. The minimum Gasteiger partial charge on any atom is -0.106 e. The molecule has 1 aliphatic rings. The molecule has 0 spiro atoms. The van der Waals surface area contributed by atoms with E-state index in [4.69, 9.17) is 0 Å². The zero-order valence-electron chi connectivity index (χ0n) is 10.9. The summed E-state index contributed by atoms with van der Waals surface area (Å²) in [6.07, 6.45) is 5.05. The molecule has 0 heteroatoms. The van der Waals surface area contributed by atoms with Crippen molar-refractivity contribution in [1.82, 2.24) is 0 Å². The van der Waals surface area contributed by atoms with Gasteiger partial charge in [-0.1, -0.05) is 49.1 Å². The molecule has 0 N–H and O–H groups in total. The molecule has 18 heavy (non-hydrogen) atoms. The highest BCUT2D eigenvalue weighted by Gasteiger charge is 2.18. The van der Waals surface area contributed by atoms with Gasteiger partial charge in [0, 0.05) is 0 Å². The second-order valence-corrected chi connectivity index (χ2v) is 4.37. The summed E-state index contributed by atoms with van der Waals surface area (Å²) < 4.78 is 0. The van der Waals surface area contributed by atoms with E-state index in [1.165, 1.54) is 33.0 Å². The third kappa shape index (κ3) is 1.80. The van der Waals surface area contributed by atoms with Crippen LogP contribution in [0, 0.1) is 6.92 Å². The summed E-state index contributed by atoms with van der Waals surface area (Å²) in [4.78, 5) is 0. The molecule has 3 rings (SSSR count). The minimum atomic E-state index is 1.04. The quantitative estimate of drug-likeness (QED) is 0.604. The Hall–Kier alpha value is -2.08. The van der Waals surface area contributed by atoms with E-state index in [1.807, 2.05) is 6.08 Å². The highest BCUT2D eigenvalue weighted by molar-refractivity contribution is 6.03. The molecule has 0 fully saturated rings. The van der Waals surface area contributed by atoms with E-state index in [9.17, 15) is 0 Å². The van der Waals surface area contributed by atoms with Gasteiger partial charge < -0.3 is 0 Å². The van der Waals surface area contributed by atoms with E-state index < -0.39 is 0 Å². The number of allylic oxidation sites excluding steroid dienone is 3. The third-order valence-corrected chi connectivity index (χ3v) is 3.39. The van der Waals surface area contributed by atoms with Crippen LogP contribution >= 0.6 is 0 Å². The first-order valence-electron chi connectivity index (χ1n) is 6.14. The highest BCUT2D eigenvalue weighted by Crippen LogP contribution is 2.38. The molecule has 2 aromatic carbocycles. The number of aryl methyl sites for hydroxylation is 1. The van der Waals surface area contributed by atoms with Gasteiger partial charge in [-0.25, -0.2) is 0 Å². The van der Waals surface area contributed by atoms with Gasteiger partial charge in [0.25, 0.3) is 0 Å². The van der Waals surface area contributed by atoms with Crippen LogP contribution in [0.5, 0.6) is 0 Å². The largest absolute Gasteiger partial charge is 0.106 e. The average molecular weight is 234 g/mol. The fourth-order valence-electron chi connectivity index (χ4n) is 2.63. The summed E-state index contributed by atoms with van der Waals surface area (Å²) in [6, 6.07) is 11.1. The van der Waals surface area contributed by atoms with Crippen molar-refractivity contribution in [3.63, 3.8) is 0 Å². The second kappa shape index (κ2) is 5.05. The normalized spacial score (nSPS) is 14.4. The van der Waals surface area contributed by atoms with Crippen molar-refractivity contribution in [2.24, 2.45) is 0 Å². The zero-order chi connectivity index (χ0) is 13.1. The molecule has 0 aromatic heterocycles. The van der Waals surface area contributed by atoms with Crippen LogP contribution in [-0.2, 0) is 6.42 Å². The third-order valence-electron chi connectivity index (χ3n) is 3.39. The Morgan fingerprint density at radius 2 is 1.89 bits per heavy atom. The van der Waals surface area contributed by atoms with Crippen LogP contribution in [0.2, 0.25) is 0 Å². The van der Waals surface area contributed by atoms with E-state index in [2.05, 4.69) is 63.1 Å². The Balaban J connectivity index is 0.000000574. The van der Waals surface area contributed by atoms with Crippen LogP contribution in [0.25, 0.3) is 16.3 Å². The molecule has 1 aliphatic carbocycles. The van der Waals surface area contributed by atoms with Gasteiger partial charge in [-0.2, -0.15) is 0 Å². The second-order valence-electron chi connectivity index (χ2n) is 4.37. The molecular formula is C18H18. The predicted octanol–water partition coefficient (Wildman–Crippen LogP) is 5.08. The van der Waals surface area contributed by atoms with E-state index in [0.29, 0.717) is 0 Å². The fourth-order valence-corrected chi connectivity index (χ4v) is 2.63. The van der Waals surface area contributed by atoms with Crippen molar-refractivity contribution in [3.05, 3.63) is 78.9 Å². The maximum Gasteiger partial charge on any atom is -0.00132 e. The molecule has 0 aliphatic heterocycles. The topological polar surface area (TPSA) is 0 Å². The first kappa shape index (κ1) is 12.4. The number of hydrogen-bond donors (Lipinski definition) is 0. The lowest BCUT2D eigenvalue weighted by molar-refractivity contribution is 1.36. The highest BCUT2D eigenvalue weighted by atomic mass is 14.2. The molecule has 0 radical (unpaired) electrons. The summed E-state index contributed by atoms with van der Waals surface area (Å²) in [5.41, 5.74) is 5.59. The molecule has 0 nitrogen and oxygen atoms in total. The van der Waals surface area contributed by atoms with Crippen molar-refractivity contribution >= 4 is 16.3 Å². The molecule has 0 atom stereocenters. The van der Waals surface area contributed by atoms with E-state index in [0.717, 1.165) is 6.42 Å². The van der Waals surface area contributed by atoms with Crippen molar-refractivity contribution in [2.75, 3.05) is 0 Å². The Morgan fingerprint density at radius 1 is 1.11 bits per heavy atom. The first-order valence-corrected chi connectivity index (χ1v) is 6.14. The summed E-state index contributed by atoms with van der Waals surface area (Å²) in [5.74, 6) is 0. The van der Waals surface area contributed by atoms with Gasteiger partial charge in [0.15, 0.2) is 0 Å². The van der Waals surface area contributed by atoms with Crippen molar-refractivity contribution in [1.29, 1.82) is 0 Å². The summed E-state index contributed by atoms with van der Waals surface area (Å²) in [6.45, 7) is 12.0. The van der Waals surface area contributed by atoms with Gasteiger partial charge in [-0.05, 0) is 46.4 Å². The molecule has 2 aromatic rings. The van der Waals surface area contributed by atoms with Crippen molar-refractivity contribution < 1.29 is 0 Å². The Labute approximate surface area is 109 Å². The van der Waals surface area contributed by atoms with Gasteiger partial charge in [0.05, 0.1) is 0 Å². The first-order chi connectivity index (χ1) is 8.81. The SMILES string of the molecule is C=C.C=C/C=C1\Cc2ccc(C)c3cccc1c23. The van der Waals surface area contributed by atoms with Crippen LogP contribution in [0.1, 0.15) is 16.7 Å². The molecule has 0 heterocycles. The van der Waals surface area contributed by atoms with Gasteiger partial charge >= 0.3 is 0 Å². The van der Waals surface area contributed by atoms with E-state index in [-0.39, 0.29) is 0 Å². The molecule has 90 valence electrons. The van der Waals surface area contributed by atoms with Gasteiger partial charge in [-0.15, -0.1) is 13.2 Å². The molecule has 0 saturated carbocycles. The monoisotopic (exact) mass is 234 g/mol. The van der Waals surface area contributed by atoms with E-state index >= 15 is 0 Å². The summed E-state index contributed by atoms with van der Waals surface area (Å²) in [5, 5.41) is 2.83. The maximum absolute atomic E-state index is 3.79. The van der Waals surface area contributed by atoms with Crippen molar-refractivity contribution in [2.45, 2.75) is 13.3 Å². The zero-order valence-corrected chi connectivity index (χ0v) is 10.9. The standard InChI is InChI=1S/C16H14.C2H4/c1-3-5-12-10-13-9-8-11(2)14-6-4-7-15(12)16(13)14;1-2/h3-9H,1,10H2,2H3;1-2H2/b12-5+;. The lowest BCUT2D eigenvalue weighted by atomic mass is 10.0. The Bertz CT molecular complexity index is 630. The van der Waals surface area contributed by atoms with Crippen molar-refractivity contribution in [3.8, 4) is 0 Å². The van der Waals surface area contributed by atoms with Crippen LogP contribution in [0.3, 0.4) is 0 Å². The molecule has 0 bridgehead atoms. The molecule has 0 amide bonds. The molecular weight excluding hydrogens is 216 g/mol. The van der Waals surface area contributed by atoms with Crippen LogP contribution < -0.4 is 0 Å². The number of hydrogen-bond acceptors (Lipinski definition) is 0. The minimum absolute atomic E-state index is 1.04. The fraction of sp³-hybridized carbons (Fsp3) is 0.111. The Morgan fingerprint density at radius 3 is 2.61 bits per heavy atom. The lowest BCUT2D eigenvalue weighted by Gasteiger charge is -2.04. The number of rotatable bonds is 1. The van der Waals surface area contributed by atoms with Gasteiger partial charge in [0.1, 0.15) is 0 Å². The molecule has 0 saturated heterocycles. The van der Waals surface area contributed by atoms with E-state index in [1.54, 1.807) is 0 Å². The number of benzene rings is 2. The van der Waals surface area contributed by atoms with Crippen LogP contribution in [-0.4, -0.2) is 0 Å². The van der Waals surface area contributed by atoms with Gasteiger partial charge in [0.2, 0.25) is 0 Å². The van der Waals surface area contributed by atoms with Crippen LogP contribution in [0.4, 0.5) is 0 Å². The van der Waals surface area contributed by atoms with Crippen LogP contribution in [0.15, 0.2) is 62.2 Å². The summed E-state index contributed by atoms with van der Waals surface area (Å²) in [7, 11) is 0. The van der Waals surface area contributed by atoms with Gasteiger partial charge in [-0.3, -0.25) is 0 Å². The Kier molecular flexibility index (Phi) is 3.47. The summed E-state index contributed by atoms with van der Waals surface area (Å²) >= 11 is 0.